The first kappa shape index (κ1) is 19.1. The molecule has 1 amide bonds. The normalized spacial score (nSPS) is 11.0. The third-order valence-corrected chi connectivity index (χ3v) is 5.43. The van der Waals surface area contributed by atoms with Crippen LogP contribution in [0.4, 0.5) is 5.69 Å². The Morgan fingerprint density at radius 3 is 2.59 bits per heavy atom. The van der Waals surface area contributed by atoms with Gasteiger partial charge in [0, 0.05) is 21.8 Å². The molecule has 4 rings (SSSR count). The van der Waals surface area contributed by atoms with Crippen molar-refractivity contribution in [1.29, 1.82) is 0 Å². The molecule has 146 valence electrons. The summed E-state index contributed by atoms with van der Waals surface area (Å²) in [6, 6.07) is 17.4. The fraction of sp³-hybridized carbons (Fsp3) is 0.182. The summed E-state index contributed by atoms with van der Waals surface area (Å²) < 4.78 is 1.75. The van der Waals surface area contributed by atoms with Gasteiger partial charge in [0.25, 0.3) is 11.7 Å². The van der Waals surface area contributed by atoms with Crippen LogP contribution in [0.3, 0.4) is 0 Å². The van der Waals surface area contributed by atoms with Gasteiger partial charge in [-0.3, -0.25) is 4.79 Å². The number of nitrogens with one attached hydrogen (secondary N) is 1. The summed E-state index contributed by atoms with van der Waals surface area (Å²) in [5.41, 5.74) is 3.54. The second-order valence-corrected chi connectivity index (χ2v) is 7.85. The summed E-state index contributed by atoms with van der Waals surface area (Å²) in [6.07, 6.45) is 3.45. The molecule has 0 aliphatic heterocycles. The molecule has 2 aromatic carbocycles. The van der Waals surface area contributed by atoms with Crippen LogP contribution in [0.25, 0.3) is 5.78 Å². The van der Waals surface area contributed by atoms with Crippen LogP contribution in [-0.4, -0.2) is 25.5 Å². The van der Waals surface area contributed by atoms with Crippen molar-refractivity contribution in [3.05, 3.63) is 77.7 Å². The number of hydrogen-bond acceptors (Lipinski definition) is 5. The van der Waals surface area contributed by atoms with Crippen LogP contribution in [0.2, 0.25) is 0 Å². The third kappa shape index (κ3) is 4.46. The molecular formula is C22H21N5OS. The van der Waals surface area contributed by atoms with E-state index < -0.39 is 0 Å². The minimum atomic E-state index is -0.118. The topological polar surface area (TPSA) is 72.2 Å². The molecule has 2 aromatic heterocycles. The van der Waals surface area contributed by atoms with E-state index in [1.807, 2.05) is 55.5 Å². The summed E-state index contributed by atoms with van der Waals surface area (Å²) in [7, 11) is 0. The Morgan fingerprint density at radius 1 is 1.10 bits per heavy atom. The molecule has 0 radical (unpaired) electrons. The zero-order chi connectivity index (χ0) is 20.2. The van der Waals surface area contributed by atoms with E-state index in [4.69, 9.17) is 0 Å². The average Bonchev–Trinajstić information content (AvgIpc) is 3.19. The summed E-state index contributed by atoms with van der Waals surface area (Å²) in [5.74, 6) is 0.494. The highest BCUT2D eigenvalue weighted by atomic mass is 32.2. The predicted octanol–water partition coefficient (Wildman–Crippen LogP) is 4.79. The number of anilines is 1. The maximum Gasteiger partial charge on any atom is 0.255 e. The first-order valence-electron chi connectivity index (χ1n) is 9.48. The predicted molar refractivity (Wildman–Crippen MR) is 114 cm³/mol. The minimum absolute atomic E-state index is 0.118. The zero-order valence-corrected chi connectivity index (χ0v) is 17.1. The number of hydrogen-bond donors (Lipinski definition) is 1. The molecule has 0 fully saturated rings. The van der Waals surface area contributed by atoms with Crippen molar-refractivity contribution in [2.45, 2.75) is 36.6 Å². The first-order chi connectivity index (χ1) is 14.1. The quantitative estimate of drug-likeness (QED) is 0.469. The Kier molecular flexibility index (Phi) is 5.57. The Labute approximate surface area is 173 Å². The van der Waals surface area contributed by atoms with E-state index in [0.29, 0.717) is 11.3 Å². The van der Waals surface area contributed by atoms with Crippen molar-refractivity contribution in [2.75, 3.05) is 5.32 Å². The van der Waals surface area contributed by atoms with Gasteiger partial charge in [0.2, 0.25) is 0 Å². The van der Waals surface area contributed by atoms with Gasteiger partial charge in [-0.05, 0) is 55.8 Å². The molecule has 0 saturated carbocycles. The van der Waals surface area contributed by atoms with E-state index in [1.165, 1.54) is 6.33 Å². The van der Waals surface area contributed by atoms with E-state index in [0.717, 1.165) is 39.7 Å². The van der Waals surface area contributed by atoms with Crippen LogP contribution in [0.15, 0.2) is 70.8 Å². The molecule has 1 N–H and O–H groups in total. The molecule has 2 heterocycles. The van der Waals surface area contributed by atoms with E-state index in [1.54, 1.807) is 16.3 Å². The molecule has 0 spiro atoms. The lowest BCUT2D eigenvalue weighted by atomic mass is 10.1. The highest BCUT2D eigenvalue weighted by Crippen LogP contribution is 2.29. The maximum absolute atomic E-state index is 12.4. The molecule has 29 heavy (non-hydrogen) atoms. The Morgan fingerprint density at radius 2 is 1.86 bits per heavy atom. The Balaban J connectivity index is 1.50. The van der Waals surface area contributed by atoms with Crippen LogP contribution >= 0.6 is 11.8 Å². The molecular weight excluding hydrogens is 382 g/mol. The van der Waals surface area contributed by atoms with Crippen molar-refractivity contribution in [1.82, 2.24) is 19.6 Å². The number of carbonyl (C=O) groups is 1. The molecule has 0 atom stereocenters. The number of nitrogens with zero attached hydrogens (tertiary/aromatic N) is 4. The van der Waals surface area contributed by atoms with Crippen molar-refractivity contribution in [3.8, 4) is 0 Å². The summed E-state index contributed by atoms with van der Waals surface area (Å²) in [5, 5.41) is 8.18. The van der Waals surface area contributed by atoms with E-state index in [-0.39, 0.29) is 5.91 Å². The number of rotatable bonds is 6. The highest BCUT2D eigenvalue weighted by molar-refractivity contribution is 7.99. The van der Waals surface area contributed by atoms with Gasteiger partial charge in [-0.1, -0.05) is 42.8 Å². The van der Waals surface area contributed by atoms with E-state index in [2.05, 4.69) is 33.4 Å². The number of fused-ring (bicyclic) bond motifs is 1. The van der Waals surface area contributed by atoms with Crippen LogP contribution < -0.4 is 5.32 Å². The van der Waals surface area contributed by atoms with E-state index in [9.17, 15) is 4.79 Å². The monoisotopic (exact) mass is 403 g/mol. The fourth-order valence-electron chi connectivity index (χ4n) is 2.92. The lowest BCUT2D eigenvalue weighted by Gasteiger charge is -2.08. The number of amides is 1. The van der Waals surface area contributed by atoms with Crippen LogP contribution in [0.1, 0.15) is 35.0 Å². The summed E-state index contributed by atoms with van der Waals surface area (Å²) >= 11 is 1.60. The molecule has 0 aliphatic carbocycles. The van der Waals surface area contributed by atoms with Crippen molar-refractivity contribution >= 4 is 29.1 Å². The molecule has 7 heteroatoms. The van der Waals surface area contributed by atoms with Crippen LogP contribution in [0, 0.1) is 6.92 Å². The van der Waals surface area contributed by atoms with Gasteiger partial charge < -0.3 is 5.32 Å². The molecule has 6 nitrogen and oxygen atoms in total. The van der Waals surface area contributed by atoms with Gasteiger partial charge in [0.05, 0.1) is 0 Å². The SMILES string of the molecule is CCCc1cc(Sc2ccc(NC(=O)c3ccc(C)cc3)cc2)n2ncnc2n1. The molecule has 4 aromatic rings. The van der Waals surface area contributed by atoms with Gasteiger partial charge in [-0.2, -0.15) is 14.6 Å². The number of aromatic nitrogens is 4. The smallest absolute Gasteiger partial charge is 0.255 e. The third-order valence-electron chi connectivity index (χ3n) is 4.43. The fourth-order valence-corrected chi connectivity index (χ4v) is 3.85. The lowest BCUT2D eigenvalue weighted by Crippen LogP contribution is -2.11. The zero-order valence-electron chi connectivity index (χ0n) is 16.3. The van der Waals surface area contributed by atoms with Gasteiger partial charge in [-0.15, -0.1) is 0 Å². The molecule has 0 bridgehead atoms. The van der Waals surface area contributed by atoms with Crippen molar-refractivity contribution in [3.63, 3.8) is 0 Å². The van der Waals surface area contributed by atoms with Crippen LogP contribution in [0.5, 0.6) is 0 Å². The van der Waals surface area contributed by atoms with Gasteiger partial charge in [0.1, 0.15) is 11.4 Å². The van der Waals surface area contributed by atoms with Gasteiger partial charge >= 0.3 is 0 Å². The van der Waals surface area contributed by atoms with Gasteiger partial charge in [-0.25, -0.2) is 4.98 Å². The Hall–Kier alpha value is -3.19. The molecule has 0 saturated heterocycles. The second kappa shape index (κ2) is 8.45. The molecule has 0 unspecified atom stereocenters. The molecule has 0 aliphatic rings. The average molecular weight is 404 g/mol. The highest BCUT2D eigenvalue weighted by Gasteiger charge is 2.10. The van der Waals surface area contributed by atoms with Crippen LogP contribution in [-0.2, 0) is 6.42 Å². The lowest BCUT2D eigenvalue weighted by molar-refractivity contribution is 0.102. The van der Waals surface area contributed by atoms with Gasteiger partial charge in [0.15, 0.2) is 0 Å². The standard InChI is InChI=1S/C22H21N5OS/c1-3-4-18-13-20(27-22(26-18)23-14-24-27)29-19-11-9-17(10-12-19)25-21(28)16-7-5-15(2)6-8-16/h5-14H,3-4H2,1-2H3,(H,25,28). The number of aryl methyl sites for hydroxylation is 2. The summed E-state index contributed by atoms with van der Waals surface area (Å²) in [6.45, 7) is 4.13. The van der Waals surface area contributed by atoms with Crippen molar-refractivity contribution < 1.29 is 4.79 Å². The number of carbonyl (C=O) groups excluding carboxylic acids is 1. The maximum atomic E-state index is 12.4. The Bertz CT molecular complexity index is 1140. The van der Waals surface area contributed by atoms with Crippen molar-refractivity contribution in [2.24, 2.45) is 0 Å². The summed E-state index contributed by atoms with van der Waals surface area (Å²) in [4.78, 5) is 22.2. The second-order valence-electron chi connectivity index (χ2n) is 6.75. The largest absolute Gasteiger partial charge is 0.322 e. The number of benzene rings is 2. The minimum Gasteiger partial charge on any atom is -0.322 e. The van der Waals surface area contributed by atoms with E-state index >= 15 is 0 Å². The first-order valence-corrected chi connectivity index (χ1v) is 10.3.